The monoisotopic (exact) mass is 207 g/mol. The van der Waals surface area contributed by atoms with Crippen molar-refractivity contribution in [1.82, 2.24) is 9.97 Å². The highest BCUT2D eigenvalue weighted by Crippen LogP contribution is 2.22. The average Bonchev–Trinajstić information content (AvgIpc) is 2.17. The lowest BCUT2D eigenvalue weighted by Crippen LogP contribution is -1.96. The smallest absolute Gasteiger partial charge is 0.224 e. The number of nitrogens with one attached hydrogen (secondary N) is 1. The summed E-state index contributed by atoms with van der Waals surface area (Å²) in [5.74, 6) is 0.767. The van der Waals surface area contributed by atoms with Crippen LogP contribution in [0.15, 0.2) is 18.2 Å². The van der Waals surface area contributed by atoms with Gasteiger partial charge < -0.3 is 5.32 Å². The molecule has 1 aromatic carbocycles. The Bertz CT molecular complexity index is 482. The molecule has 0 aliphatic rings. The van der Waals surface area contributed by atoms with Crippen molar-refractivity contribution in [2.24, 2.45) is 0 Å². The number of nitrogens with zero attached hydrogens (tertiary/aromatic N) is 2. The number of fused-ring (bicyclic) bond motifs is 1. The van der Waals surface area contributed by atoms with Crippen LogP contribution in [0, 0.1) is 6.92 Å². The molecule has 0 aliphatic heterocycles. The molecule has 3 nitrogen and oxygen atoms in total. The third kappa shape index (κ3) is 1.51. The quantitative estimate of drug-likeness (QED) is 0.731. The number of aromatic nitrogens is 2. The SMILES string of the molecule is CNc1nc(Cl)nc2ccc(C)cc12. The minimum Gasteiger partial charge on any atom is -0.372 e. The molecule has 4 heteroatoms. The summed E-state index contributed by atoms with van der Waals surface area (Å²) >= 11 is 5.78. The van der Waals surface area contributed by atoms with Crippen LogP contribution in [0.3, 0.4) is 0 Å². The van der Waals surface area contributed by atoms with Gasteiger partial charge in [0.15, 0.2) is 0 Å². The average molecular weight is 208 g/mol. The van der Waals surface area contributed by atoms with Crippen LogP contribution in [0.1, 0.15) is 5.56 Å². The van der Waals surface area contributed by atoms with Gasteiger partial charge in [0.1, 0.15) is 5.82 Å². The number of hydrogen-bond acceptors (Lipinski definition) is 3. The predicted molar refractivity (Wildman–Crippen MR) is 58.8 cm³/mol. The molecular formula is C10H10ClN3. The number of hydrogen-bond donors (Lipinski definition) is 1. The zero-order chi connectivity index (χ0) is 10.1. The zero-order valence-electron chi connectivity index (χ0n) is 8.00. The summed E-state index contributed by atoms with van der Waals surface area (Å²) in [5, 5.41) is 4.27. The maximum absolute atomic E-state index is 5.78. The van der Waals surface area contributed by atoms with Crippen LogP contribution in [-0.2, 0) is 0 Å². The second-order valence-electron chi connectivity index (χ2n) is 3.11. The molecule has 72 valence electrons. The van der Waals surface area contributed by atoms with E-state index in [2.05, 4.69) is 15.3 Å². The first-order valence-corrected chi connectivity index (χ1v) is 4.70. The molecule has 0 aliphatic carbocycles. The second-order valence-corrected chi connectivity index (χ2v) is 3.45. The molecule has 1 heterocycles. The third-order valence-corrected chi connectivity index (χ3v) is 2.23. The van der Waals surface area contributed by atoms with Crippen molar-refractivity contribution in [3.63, 3.8) is 0 Å². The summed E-state index contributed by atoms with van der Waals surface area (Å²) in [7, 11) is 1.82. The topological polar surface area (TPSA) is 37.8 Å². The van der Waals surface area contributed by atoms with Crippen LogP contribution in [0.25, 0.3) is 10.9 Å². The lowest BCUT2D eigenvalue weighted by atomic mass is 10.1. The van der Waals surface area contributed by atoms with E-state index in [0.717, 1.165) is 16.7 Å². The molecule has 0 spiro atoms. The van der Waals surface area contributed by atoms with Crippen LogP contribution in [0.5, 0.6) is 0 Å². The van der Waals surface area contributed by atoms with Crippen molar-refractivity contribution >= 4 is 28.3 Å². The predicted octanol–water partition coefficient (Wildman–Crippen LogP) is 2.63. The molecule has 2 rings (SSSR count). The Labute approximate surface area is 87.1 Å². The highest BCUT2D eigenvalue weighted by atomic mass is 35.5. The van der Waals surface area contributed by atoms with Crippen molar-refractivity contribution < 1.29 is 0 Å². The van der Waals surface area contributed by atoms with Crippen LogP contribution in [0.2, 0.25) is 5.28 Å². The third-order valence-electron chi connectivity index (χ3n) is 2.06. The fraction of sp³-hybridized carbons (Fsp3) is 0.200. The number of halogens is 1. The van der Waals surface area contributed by atoms with Gasteiger partial charge in [0, 0.05) is 12.4 Å². The van der Waals surface area contributed by atoms with E-state index in [-0.39, 0.29) is 5.28 Å². The molecule has 0 bridgehead atoms. The Kier molecular flexibility index (Phi) is 2.25. The van der Waals surface area contributed by atoms with E-state index in [1.807, 2.05) is 32.2 Å². The maximum atomic E-state index is 5.78. The van der Waals surface area contributed by atoms with Gasteiger partial charge in [0.05, 0.1) is 5.52 Å². The van der Waals surface area contributed by atoms with Gasteiger partial charge in [-0.2, -0.15) is 0 Å². The van der Waals surface area contributed by atoms with Crippen molar-refractivity contribution in [2.75, 3.05) is 12.4 Å². The molecule has 0 saturated carbocycles. The molecule has 0 amide bonds. The van der Waals surface area contributed by atoms with Gasteiger partial charge in [-0.05, 0) is 30.7 Å². The molecule has 0 saturated heterocycles. The van der Waals surface area contributed by atoms with Crippen molar-refractivity contribution in [3.8, 4) is 0 Å². The lowest BCUT2D eigenvalue weighted by molar-refractivity contribution is 1.21. The van der Waals surface area contributed by atoms with Gasteiger partial charge in [-0.3, -0.25) is 0 Å². The molecule has 0 fully saturated rings. The van der Waals surface area contributed by atoms with Gasteiger partial charge in [0.2, 0.25) is 5.28 Å². The lowest BCUT2D eigenvalue weighted by Gasteiger charge is -2.05. The fourth-order valence-electron chi connectivity index (χ4n) is 1.40. The zero-order valence-corrected chi connectivity index (χ0v) is 8.76. The van der Waals surface area contributed by atoms with Gasteiger partial charge in [-0.1, -0.05) is 11.6 Å². The maximum Gasteiger partial charge on any atom is 0.224 e. The second kappa shape index (κ2) is 3.42. The first-order chi connectivity index (χ1) is 6.70. The van der Waals surface area contributed by atoms with E-state index in [1.54, 1.807) is 0 Å². The number of aryl methyl sites for hydroxylation is 1. The van der Waals surface area contributed by atoms with Gasteiger partial charge in [0.25, 0.3) is 0 Å². The first kappa shape index (κ1) is 9.21. The standard InChI is InChI=1S/C10H10ClN3/c1-6-3-4-8-7(5-6)9(12-2)14-10(11)13-8/h3-5H,1-2H3,(H,12,13,14). The number of rotatable bonds is 1. The minimum atomic E-state index is 0.269. The molecule has 1 N–H and O–H groups in total. The van der Waals surface area contributed by atoms with Crippen molar-refractivity contribution in [1.29, 1.82) is 0 Å². The van der Waals surface area contributed by atoms with E-state index < -0.39 is 0 Å². The van der Waals surface area contributed by atoms with E-state index in [4.69, 9.17) is 11.6 Å². The summed E-state index contributed by atoms with van der Waals surface area (Å²) in [6.45, 7) is 2.04. The van der Waals surface area contributed by atoms with E-state index in [9.17, 15) is 0 Å². The number of benzene rings is 1. The van der Waals surface area contributed by atoms with Crippen LogP contribution < -0.4 is 5.32 Å². The van der Waals surface area contributed by atoms with Crippen molar-refractivity contribution in [2.45, 2.75) is 6.92 Å². The highest BCUT2D eigenvalue weighted by molar-refractivity contribution is 6.28. The molecule has 14 heavy (non-hydrogen) atoms. The summed E-state index contributed by atoms with van der Waals surface area (Å²) < 4.78 is 0. The Morgan fingerprint density at radius 2 is 2.07 bits per heavy atom. The molecule has 2 aromatic rings. The van der Waals surface area contributed by atoms with Crippen LogP contribution in [0.4, 0.5) is 5.82 Å². The number of anilines is 1. The highest BCUT2D eigenvalue weighted by Gasteiger charge is 2.04. The van der Waals surface area contributed by atoms with E-state index in [0.29, 0.717) is 0 Å². The van der Waals surface area contributed by atoms with E-state index in [1.165, 1.54) is 5.56 Å². The fourth-order valence-corrected chi connectivity index (χ4v) is 1.58. The molecule has 1 aromatic heterocycles. The van der Waals surface area contributed by atoms with Gasteiger partial charge >= 0.3 is 0 Å². The summed E-state index contributed by atoms with van der Waals surface area (Å²) in [6.07, 6.45) is 0. The summed E-state index contributed by atoms with van der Waals surface area (Å²) in [4.78, 5) is 8.24. The van der Waals surface area contributed by atoms with Crippen molar-refractivity contribution in [3.05, 3.63) is 29.0 Å². The Morgan fingerprint density at radius 1 is 1.29 bits per heavy atom. The first-order valence-electron chi connectivity index (χ1n) is 4.32. The van der Waals surface area contributed by atoms with E-state index >= 15 is 0 Å². The van der Waals surface area contributed by atoms with Gasteiger partial charge in [-0.15, -0.1) is 0 Å². The largest absolute Gasteiger partial charge is 0.372 e. The normalized spacial score (nSPS) is 10.5. The summed E-state index contributed by atoms with van der Waals surface area (Å²) in [5.41, 5.74) is 2.04. The Balaban J connectivity index is 2.81. The molecule has 0 unspecified atom stereocenters. The Hall–Kier alpha value is -1.35. The molecule has 0 atom stereocenters. The molecule has 0 radical (unpaired) electrons. The molecular weight excluding hydrogens is 198 g/mol. The minimum absolute atomic E-state index is 0.269. The summed E-state index contributed by atoms with van der Waals surface area (Å²) in [6, 6.07) is 5.99. The van der Waals surface area contributed by atoms with Crippen LogP contribution >= 0.6 is 11.6 Å². The van der Waals surface area contributed by atoms with Crippen LogP contribution in [-0.4, -0.2) is 17.0 Å². The van der Waals surface area contributed by atoms with Gasteiger partial charge in [-0.25, -0.2) is 9.97 Å². The Morgan fingerprint density at radius 3 is 2.79 bits per heavy atom.